The number of rotatable bonds is 6. The molecule has 0 aliphatic heterocycles. The molecule has 0 unspecified atom stereocenters. The van der Waals surface area contributed by atoms with E-state index in [-0.39, 0.29) is 16.3 Å². The minimum absolute atomic E-state index is 0.0110. The van der Waals surface area contributed by atoms with Crippen molar-refractivity contribution in [2.45, 2.75) is 4.90 Å². The second-order valence-electron chi connectivity index (χ2n) is 6.28. The van der Waals surface area contributed by atoms with E-state index in [1.165, 1.54) is 52.5 Å². The van der Waals surface area contributed by atoms with Gasteiger partial charge in [-0.05, 0) is 24.3 Å². The molecular weight excluding hydrogens is 404 g/mol. The Morgan fingerprint density at radius 1 is 1.07 bits per heavy atom. The maximum Gasteiger partial charge on any atom is 0.338 e. The van der Waals surface area contributed by atoms with E-state index < -0.39 is 45.2 Å². The molecule has 0 spiro atoms. The number of carbonyl (C=O) groups is 2. The van der Waals surface area contributed by atoms with Crippen molar-refractivity contribution in [2.75, 3.05) is 26.4 Å². The summed E-state index contributed by atoms with van der Waals surface area (Å²) in [6.07, 6.45) is 0. The smallest absolute Gasteiger partial charge is 0.338 e. The maximum absolute atomic E-state index is 12.3. The first kappa shape index (κ1) is 22.0. The average molecular weight is 424 g/mol. The highest BCUT2D eigenvalue weighted by Crippen LogP contribution is 2.15. The Morgan fingerprint density at radius 3 is 2.14 bits per heavy atom. The van der Waals surface area contributed by atoms with Gasteiger partial charge in [0.15, 0.2) is 6.61 Å². The van der Waals surface area contributed by atoms with Crippen LogP contribution in [0.15, 0.2) is 38.8 Å². The van der Waals surface area contributed by atoms with Crippen molar-refractivity contribution in [1.82, 2.24) is 13.4 Å². The van der Waals surface area contributed by atoms with Crippen molar-refractivity contribution >= 4 is 27.6 Å². The monoisotopic (exact) mass is 424 g/mol. The predicted octanol–water partition coefficient (Wildman–Crippen LogP) is -1.04. The number of nitrogen functional groups attached to an aromatic ring is 1. The van der Waals surface area contributed by atoms with Gasteiger partial charge in [-0.2, -0.15) is 0 Å². The lowest BCUT2D eigenvalue weighted by atomic mass is 10.2. The number of sulfonamides is 1. The Labute approximate surface area is 166 Å². The Hall–Kier alpha value is -3.25. The molecule has 0 saturated carbocycles. The quantitative estimate of drug-likeness (QED) is 0.456. The zero-order valence-electron chi connectivity index (χ0n) is 16.2. The molecule has 2 N–H and O–H groups in total. The summed E-state index contributed by atoms with van der Waals surface area (Å²) in [4.78, 5) is 48.4. The van der Waals surface area contributed by atoms with E-state index in [1.54, 1.807) is 0 Å². The average Bonchev–Trinajstić information content (AvgIpc) is 2.69. The number of nitrogens with two attached hydrogens (primary N) is 1. The first-order valence-electron chi connectivity index (χ1n) is 8.18. The lowest BCUT2D eigenvalue weighted by molar-refractivity contribution is 0.0474. The van der Waals surface area contributed by atoms with Crippen LogP contribution in [0.25, 0.3) is 0 Å². The van der Waals surface area contributed by atoms with Gasteiger partial charge in [-0.3, -0.25) is 18.7 Å². The number of hydrogen-bond acceptors (Lipinski definition) is 8. The summed E-state index contributed by atoms with van der Waals surface area (Å²) < 4.78 is 31.6. The highest BCUT2D eigenvalue weighted by molar-refractivity contribution is 7.89. The topological polar surface area (TPSA) is 151 Å². The Bertz CT molecular complexity index is 1190. The Morgan fingerprint density at radius 2 is 1.62 bits per heavy atom. The number of nitrogens with zero attached hydrogens (tertiary/aromatic N) is 3. The Balaban J connectivity index is 2.19. The fraction of sp³-hybridized carbons (Fsp3) is 0.294. The van der Waals surface area contributed by atoms with E-state index in [0.717, 1.165) is 13.4 Å². The van der Waals surface area contributed by atoms with Crippen molar-refractivity contribution in [3.8, 4) is 0 Å². The van der Waals surface area contributed by atoms with Crippen LogP contribution in [0.2, 0.25) is 0 Å². The van der Waals surface area contributed by atoms with Crippen LogP contribution in [0.5, 0.6) is 0 Å². The van der Waals surface area contributed by atoms with Gasteiger partial charge in [-0.1, -0.05) is 0 Å². The molecule has 0 aliphatic rings. The lowest BCUT2D eigenvalue weighted by Crippen LogP contribution is -2.42. The molecule has 29 heavy (non-hydrogen) atoms. The molecule has 1 aromatic carbocycles. The maximum atomic E-state index is 12.3. The third-order valence-electron chi connectivity index (χ3n) is 4.19. The number of Topliss-reactive ketones (excluding diaryl/α,β-unsaturated/α-hetero) is 1. The zero-order chi connectivity index (χ0) is 22.1. The van der Waals surface area contributed by atoms with Gasteiger partial charge in [-0.25, -0.2) is 22.3 Å². The molecule has 1 aromatic heterocycles. The number of ketones is 1. The number of benzene rings is 1. The summed E-state index contributed by atoms with van der Waals surface area (Å²) in [7, 11) is 1.58. The summed E-state index contributed by atoms with van der Waals surface area (Å²) in [5.41, 5.74) is 3.63. The van der Waals surface area contributed by atoms with Crippen LogP contribution in [0, 0.1) is 0 Å². The number of anilines is 1. The molecule has 2 rings (SSSR count). The molecule has 0 bridgehead atoms. The van der Waals surface area contributed by atoms with Gasteiger partial charge < -0.3 is 10.5 Å². The number of aromatic nitrogens is 2. The van der Waals surface area contributed by atoms with Crippen molar-refractivity contribution in [2.24, 2.45) is 14.1 Å². The molecule has 12 heteroatoms. The number of ether oxygens (including phenoxy) is 1. The van der Waals surface area contributed by atoms with Gasteiger partial charge >= 0.3 is 11.7 Å². The van der Waals surface area contributed by atoms with Crippen molar-refractivity contribution in [3.63, 3.8) is 0 Å². The van der Waals surface area contributed by atoms with Gasteiger partial charge in [0.1, 0.15) is 11.4 Å². The fourth-order valence-corrected chi connectivity index (χ4v) is 3.28. The highest BCUT2D eigenvalue weighted by Gasteiger charge is 2.22. The molecule has 0 atom stereocenters. The van der Waals surface area contributed by atoms with Gasteiger partial charge in [0, 0.05) is 28.2 Å². The molecule has 11 nitrogen and oxygen atoms in total. The fourth-order valence-electron chi connectivity index (χ4n) is 2.38. The summed E-state index contributed by atoms with van der Waals surface area (Å²) in [5.74, 6) is -2.11. The summed E-state index contributed by atoms with van der Waals surface area (Å²) >= 11 is 0. The molecule has 156 valence electrons. The van der Waals surface area contributed by atoms with E-state index in [0.29, 0.717) is 0 Å². The van der Waals surface area contributed by atoms with Gasteiger partial charge in [0.25, 0.3) is 5.56 Å². The minimum Gasteiger partial charge on any atom is -0.454 e. The van der Waals surface area contributed by atoms with Crippen molar-refractivity contribution < 1.29 is 22.7 Å². The molecular formula is C17H20N4O7S. The third-order valence-corrected chi connectivity index (χ3v) is 6.02. The minimum atomic E-state index is -3.65. The lowest BCUT2D eigenvalue weighted by Gasteiger charge is -2.12. The normalized spacial score (nSPS) is 11.5. The second kappa shape index (κ2) is 8.01. The van der Waals surface area contributed by atoms with Crippen LogP contribution >= 0.6 is 0 Å². The summed E-state index contributed by atoms with van der Waals surface area (Å²) in [6, 6.07) is 4.94. The Kier molecular flexibility index (Phi) is 6.09. The first-order valence-corrected chi connectivity index (χ1v) is 9.62. The van der Waals surface area contributed by atoms with Crippen LogP contribution in [-0.4, -0.2) is 54.3 Å². The largest absolute Gasteiger partial charge is 0.454 e. The molecule has 0 amide bonds. The van der Waals surface area contributed by atoms with Gasteiger partial charge in [0.05, 0.1) is 10.5 Å². The highest BCUT2D eigenvalue weighted by atomic mass is 32.2. The van der Waals surface area contributed by atoms with E-state index in [4.69, 9.17) is 10.5 Å². The van der Waals surface area contributed by atoms with Crippen LogP contribution in [-0.2, 0) is 28.9 Å². The van der Waals surface area contributed by atoms with Crippen molar-refractivity contribution in [1.29, 1.82) is 0 Å². The molecule has 1 heterocycles. The third kappa shape index (κ3) is 4.12. The van der Waals surface area contributed by atoms with Crippen molar-refractivity contribution in [3.05, 3.63) is 56.2 Å². The van der Waals surface area contributed by atoms with E-state index in [9.17, 15) is 27.6 Å². The molecule has 2 aromatic rings. The van der Waals surface area contributed by atoms with Gasteiger partial charge in [0.2, 0.25) is 15.8 Å². The first-order chi connectivity index (χ1) is 13.4. The molecule has 0 aliphatic carbocycles. The number of esters is 1. The van der Waals surface area contributed by atoms with E-state index >= 15 is 0 Å². The van der Waals surface area contributed by atoms with Gasteiger partial charge in [-0.15, -0.1) is 0 Å². The molecule has 0 fully saturated rings. The van der Waals surface area contributed by atoms with Crippen LogP contribution in [0.3, 0.4) is 0 Å². The van der Waals surface area contributed by atoms with Crippen LogP contribution < -0.4 is 17.0 Å². The predicted molar refractivity (Wildman–Crippen MR) is 103 cm³/mol. The van der Waals surface area contributed by atoms with E-state index in [1.807, 2.05) is 0 Å². The zero-order valence-corrected chi connectivity index (χ0v) is 17.0. The summed E-state index contributed by atoms with van der Waals surface area (Å²) in [6.45, 7) is -0.784. The molecule has 0 radical (unpaired) electrons. The standard InChI is InChI=1S/C17H20N4O7S/c1-19(2)29(26,27)11-7-5-10(6-8-11)16(24)28-9-12(22)13-14(18)20(3)17(25)21(4)15(13)23/h5-8H,9,18H2,1-4H3. The van der Waals surface area contributed by atoms with Crippen LogP contribution in [0.4, 0.5) is 5.82 Å². The second-order valence-corrected chi connectivity index (χ2v) is 8.43. The molecule has 0 saturated heterocycles. The number of hydrogen-bond donors (Lipinski definition) is 1. The summed E-state index contributed by atoms with van der Waals surface area (Å²) in [5, 5.41) is 0. The van der Waals surface area contributed by atoms with E-state index in [2.05, 4.69) is 0 Å². The number of carbonyl (C=O) groups excluding carboxylic acids is 2. The van der Waals surface area contributed by atoms with Crippen LogP contribution in [0.1, 0.15) is 20.7 Å². The SMILES string of the molecule is CN(C)S(=O)(=O)c1ccc(C(=O)OCC(=O)c2c(N)n(C)c(=O)n(C)c2=O)cc1.